The summed E-state index contributed by atoms with van der Waals surface area (Å²) in [6, 6.07) is 11.8. The van der Waals surface area contributed by atoms with Crippen LogP contribution in [0.15, 0.2) is 47.3 Å². The van der Waals surface area contributed by atoms with Gasteiger partial charge in [-0.3, -0.25) is 9.69 Å². The summed E-state index contributed by atoms with van der Waals surface area (Å²) in [5, 5.41) is 13.1. The van der Waals surface area contributed by atoms with Crippen LogP contribution in [0.5, 0.6) is 11.5 Å². The Morgan fingerprint density at radius 1 is 1.11 bits per heavy atom. The molecule has 1 atom stereocenters. The zero-order valence-corrected chi connectivity index (χ0v) is 20.8. The first kappa shape index (κ1) is 24.8. The average molecular weight is 509 g/mol. The number of nitrogens with one attached hydrogen (secondary N) is 1. The Hall–Kier alpha value is -3.83. The van der Waals surface area contributed by atoms with Gasteiger partial charge in [-0.2, -0.15) is 0 Å². The first-order valence-electron chi connectivity index (χ1n) is 12.1. The molecule has 1 saturated heterocycles. The molecule has 0 aliphatic carbocycles. The lowest BCUT2D eigenvalue weighted by Crippen LogP contribution is -2.29. The van der Waals surface area contributed by atoms with Crippen molar-refractivity contribution in [2.24, 2.45) is 0 Å². The van der Waals surface area contributed by atoms with Crippen LogP contribution in [0.25, 0.3) is 10.9 Å². The highest BCUT2D eigenvalue weighted by Crippen LogP contribution is 2.31. The van der Waals surface area contributed by atoms with Gasteiger partial charge in [-0.15, -0.1) is 5.10 Å². The molecule has 11 heteroatoms. The zero-order valence-electron chi connectivity index (χ0n) is 20.8. The number of methoxy groups -OCH3 is 2. The fourth-order valence-corrected chi connectivity index (χ4v) is 4.61. The van der Waals surface area contributed by atoms with Crippen LogP contribution < -0.4 is 15.0 Å². The van der Waals surface area contributed by atoms with Crippen molar-refractivity contribution < 1.29 is 18.6 Å². The number of nitrogens with zero attached hydrogens (tertiary/aromatic N) is 5. The molecule has 1 fully saturated rings. The first-order valence-corrected chi connectivity index (χ1v) is 12.1. The van der Waals surface area contributed by atoms with Gasteiger partial charge in [-0.25, -0.2) is 9.07 Å². The van der Waals surface area contributed by atoms with Crippen molar-refractivity contribution in [2.75, 3.05) is 20.8 Å². The van der Waals surface area contributed by atoms with Crippen LogP contribution >= 0.6 is 0 Å². The van der Waals surface area contributed by atoms with E-state index in [0.717, 1.165) is 30.4 Å². The van der Waals surface area contributed by atoms with E-state index in [-0.39, 0.29) is 17.5 Å². The Bertz CT molecular complexity index is 1420. The lowest BCUT2D eigenvalue weighted by atomic mass is 10.1. The number of hydrogen-bond acceptors (Lipinski definition) is 8. The molecule has 0 amide bonds. The quantitative estimate of drug-likeness (QED) is 0.348. The maximum atomic E-state index is 13.5. The summed E-state index contributed by atoms with van der Waals surface area (Å²) >= 11 is 0. The number of ether oxygens (including phenoxy) is 3. The number of hydrogen-bond donors (Lipinski definition) is 1. The van der Waals surface area contributed by atoms with Gasteiger partial charge in [0.05, 0.1) is 38.9 Å². The van der Waals surface area contributed by atoms with Gasteiger partial charge in [0.2, 0.25) is 0 Å². The minimum Gasteiger partial charge on any atom is -0.493 e. The fourth-order valence-electron chi connectivity index (χ4n) is 4.61. The van der Waals surface area contributed by atoms with E-state index in [0.29, 0.717) is 54.6 Å². The number of pyridine rings is 1. The predicted octanol–water partition coefficient (Wildman–Crippen LogP) is 3.05. The molecule has 2 aromatic heterocycles. The molecule has 37 heavy (non-hydrogen) atoms. The van der Waals surface area contributed by atoms with E-state index in [1.165, 1.54) is 12.1 Å². The summed E-state index contributed by atoms with van der Waals surface area (Å²) in [5.41, 5.74) is 1.92. The fraction of sp³-hybridized carbons (Fsp3) is 0.385. The summed E-state index contributed by atoms with van der Waals surface area (Å²) in [6.45, 7) is 2.51. The van der Waals surface area contributed by atoms with Gasteiger partial charge in [0.25, 0.3) is 5.56 Å². The Morgan fingerprint density at radius 3 is 2.62 bits per heavy atom. The summed E-state index contributed by atoms with van der Waals surface area (Å²) in [7, 11) is 3.12. The van der Waals surface area contributed by atoms with Gasteiger partial charge in [0.15, 0.2) is 17.3 Å². The average Bonchev–Trinajstić information content (AvgIpc) is 3.57. The molecule has 0 unspecified atom stereocenters. The van der Waals surface area contributed by atoms with Crippen molar-refractivity contribution in [2.45, 2.75) is 45.1 Å². The van der Waals surface area contributed by atoms with E-state index >= 15 is 0 Å². The second-order valence-electron chi connectivity index (χ2n) is 9.10. The molecule has 194 valence electrons. The van der Waals surface area contributed by atoms with Gasteiger partial charge in [0, 0.05) is 36.7 Å². The highest BCUT2D eigenvalue weighted by molar-refractivity contribution is 5.83. The molecule has 0 spiro atoms. The van der Waals surface area contributed by atoms with Crippen LogP contribution in [-0.2, 0) is 30.9 Å². The summed E-state index contributed by atoms with van der Waals surface area (Å²) in [6.07, 6.45) is 2.09. The van der Waals surface area contributed by atoms with E-state index in [9.17, 15) is 9.18 Å². The van der Waals surface area contributed by atoms with E-state index in [4.69, 9.17) is 14.2 Å². The molecule has 1 aliphatic heterocycles. The Balaban J connectivity index is 1.44. The van der Waals surface area contributed by atoms with Crippen molar-refractivity contribution in [3.05, 3.63) is 75.6 Å². The minimum atomic E-state index is -0.300. The molecular weight excluding hydrogens is 479 g/mol. The number of tetrazole rings is 1. The number of rotatable bonds is 10. The number of H-pyrrole nitrogens is 1. The smallest absolute Gasteiger partial charge is 0.252 e. The molecule has 1 aliphatic rings. The Morgan fingerprint density at radius 2 is 1.89 bits per heavy atom. The van der Waals surface area contributed by atoms with Crippen LogP contribution in [-0.4, -0.2) is 57.0 Å². The van der Waals surface area contributed by atoms with E-state index in [2.05, 4.69) is 25.4 Å². The van der Waals surface area contributed by atoms with E-state index < -0.39 is 0 Å². The monoisotopic (exact) mass is 508 g/mol. The number of fused-ring (bicyclic) bond motifs is 1. The maximum absolute atomic E-state index is 13.5. The molecule has 3 heterocycles. The van der Waals surface area contributed by atoms with Gasteiger partial charge in [-0.05, 0) is 53.1 Å². The van der Waals surface area contributed by atoms with Gasteiger partial charge in [0.1, 0.15) is 5.82 Å². The second kappa shape index (κ2) is 11.1. The third-order valence-electron chi connectivity index (χ3n) is 6.51. The maximum Gasteiger partial charge on any atom is 0.252 e. The van der Waals surface area contributed by atoms with Gasteiger partial charge in [-0.1, -0.05) is 12.1 Å². The molecule has 2 aromatic carbocycles. The minimum absolute atomic E-state index is 0.0862. The summed E-state index contributed by atoms with van der Waals surface area (Å²) in [4.78, 5) is 18.1. The van der Waals surface area contributed by atoms with E-state index in [1.54, 1.807) is 37.1 Å². The van der Waals surface area contributed by atoms with Crippen molar-refractivity contribution in [1.29, 1.82) is 0 Å². The second-order valence-corrected chi connectivity index (χ2v) is 9.10. The zero-order chi connectivity index (χ0) is 25.8. The highest BCUT2D eigenvalue weighted by Gasteiger charge is 2.21. The van der Waals surface area contributed by atoms with Gasteiger partial charge < -0.3 is 19.2 Å². The Kier molecular flexibility index (Phi) is 7.42. The van der Waals surface area contributed by atoms with Crippen molar-refractivity contribution in [3.63, 3.8) is 0 Å². The lowest BCUT2D eigenvalue weighted by Gasteiger charge is -2.22. The number of aromatic amines is 1. The van der Waals surface area contributed by atoms with Crippen molar-refractivity contribution >= 4 is 10.9 Å². The first-order chi connectivity index (χ1) is 18.0. The SMILES string of the molecule is COc1cc2cc(CN(Cc3ccc(F)cc3)Cc3nnnn3C[C@@H]3CCCO3)c(=O)[nH]c2cc1OC. The topological polar surface area (TPSA) is 107 Å². The van der Waals surface area contributed by atoms with Crippen LogP contribution in [0, 0.1) is 5.82 Å². The predicted molar refractivity (Wildman–Crippen MR) is 134 cm³/mol. The van der Waals surface area contributed by atoms with Crippen molar-refractivity contribution in [1.82, 2.24) is 30.1 Å². The third-order valence-corrected chi connectivity index (χ3v) is 6.51. The molecule has 5 rings (SSSR count). The van der Waals surface area contributed by atoms with Crippen molar-refractivity contribution in [3.8, 4) is 11.5 Å². The number of halogens is 1. The molecule has 4 aromatic rings. The lowest BCUT2D eigenvalue weighted by molar-refractivity contribution is 0.0914. The third kappa shape index (κ3) is 5.78. The van der Waals surface area contributed by atoms with Gasteiger partial charge >= 0.3 is 0 Å². The standard InChI is InChI=1S/C26H29FN6O4/c1-35-23-11-18-10-19(26(34)28-22(18)12-24(23)36-2)14-32(13-17-5-7-20(27)8-6-17)16-25-29-30-31-33(25)15-21-4-3-9-37-21/h5-8,10-12,21H,3-4,9,13-16H2,1-2H3,(H,28,34)/t21-/m0/s1. The molecule has 0 saturated carbocycles. The van der Waals surface area contributed by atoms with Crippen LogP contribution in [0.3, 0.4) is 0 Å². The van der Waals surface area contributed by atoms with Crippen LogP contribution in [0.2, 0.25) is 0 Å². The van der Waals surface area contributed by atoms with Crippen LogP contribution in [0.4, 0.5) is 4.39 Å². The molecule has 1 N–H and O–H groups in total. The summed E-state index contributed by atoms with van der Waals surface area (Å²) < 4.78 is 31.8. The number of aromatic nitrogens is 5. The molecule has 0 bridgehead atoms. The Labute approximate surface area is 213 Å². The highest BCUT2D eigenvalue weighted by atomic mass is 19.1. The summed E-state index contributed by atoms with van der Waals surface area (Å²) in [5.74, 6) is 1.48. The molecule has 0 radical (unpaired) electrons. The van der Waals surface area contributed by atoms with E-state index in [1.807, 2.05) is 12.1 Å². The molecule has 10 nitrogen and oxygen atoms in total. The normalized spacial score (nSPS) is 15.5. The van der Waals surface area contributed by atoms with Crippen LogP contribution in [0.1, 0.15) is 29.8 Å². The largest absolute Gasteiger partial charge is 0.493 e. The molecular formula is C26H29FN6O4. The number of benzene rings is 2.